The standard InChI is InChI=1S/C20H26F3N3O2/c21-20(22,23)14-5-3-4-13(10-14)16-11-17(16)19(28)26-9-2-1-6-15(26)12-25-18(27)7-8-24/h3-5,10,15-17H,1-2,6-9,11-12,24H2,(H,25,27). The lowest BCUT2D eigenvalue weighted by Crippen LogP contribution is -2.50. The minimum Gasteiger partial charge on any atom is -0.354 e. The molecule has 2 aliphatic rings. The summed E-state index contributed by atoms with van der Waals surface area (Å²) in [7, 11) is 0. The highest BCUT2D eigenvalue weighted by atomic mass is 19.4. The van der Waals surface area contributed by atoms with Crippen molar-refractivity contribution in [1.29, 1.82) is 0 Å². The summed E-state index contributed by atoms with van der Waals surface area (Å²) in [5.74, 6) is -0.582. The van der Waals surface area contributed by atoms with Crippen molar-refractivity contribution in [2.75, 3.05) is 19.6 Å². The number of rotatable bonds is 6. The molecule has 3 N–H and O–H groups in total. The number of nitrogens with two attached hydrogens (primary N) is 1. The molecule has 0 radical (unpaired) electrons. The first-order valence-corrected chi connectivity index (χ1v) is 9.75. The highest BCUT2D eigenvalue weighted by molar-refractivity contribution is 5.83. The van der Waals surface area contributed by atoms with E-state index in [-0.39, 0.29) is 42.7 Å². The van der Waals surface area contributed by atoms with E-state index in [1.54, 1.807) is 6.07 Å². The van der Waals surface area contributed by atoms with Gasteiger partial charge < -0.3 is 16.0 Å². The minimum atomic E-state index is -4.38. The van der Waals surface area contributed by atoms with Crippen molar-refractivity contribution in [1.82, 2.24) is 10.2 Å². The molecule has 1 aliphatic heterocycles. The lowest BCUT2D eigenvalue weighted by molar-refractivity contribution is -0.137. The van der Waals surface area contributed by atoms with Crippen molar-refractivity contribution in [3.63, 3.8) is 0 Å². The minimum absolute atomic E-state index is 0.0137. The van der Waals surface area contributed by atoms with Crippen LogP contribution in [0.25, 0.3) is 0 Å². The topological polar surface area (TPSA) is 75.4 Å². The molecule has 8 heteroatoms. The summed E-state index contributed by atoms with van der Waals surface area (Å²) in [5.41, 5.74) is 5.26. The van der Waals surface area contributed by atoms with E-state index in [0.29, 0.717) is 25.1 Å². The Bertz CT molecular complexity index is 723. The van der Waals surface area contributed by atoms with Crippen molar-refractivity contribution in [2.24, 2.45) is 11.7 Å². The van der Waals surface area contributed by atoms with Crippen LogP contribution >= 0.6 is 0 Å². The lowest BCUT2D eigenvalue weighted by atomic mass is 10.00. The number of amides is 2. The van der Waals surface area contributed by atoms with E-state index in [2.05, 4.69) is 5.32 Å². The number of nitrogens with zero attached hydrogens (tertiary/aromatic N) is 1. The molecule has 5 nitrogen and oxygen atoms in total. The number of hydrogen-bond acceptors (Lipinski definition) is 3. The number of piperidine rings is 1. The highest BCUT2D eigenvalue weighted by Gasteiger charge is 2.47. The fourth-order valence-corrected chi connectivity index (χ4v) is 3.95. The van der Waals surface area contributed by atoms with Gasteiger partial charge in [0.2, 0.25) is 11.8 Å². The molecule has 0 aromatic heterocycles. The monoisotopic (exact) mass is 397 g/mol. The second-order valence-electron chi connectivity index (χ2n) is 7.60. The molecule has 0 bridgehead atoms. The molecule has 3 atom stereocenters. The van der Waals surface area contributed by atoms with Crippen molar-refractivity contribution in [3.8, 4) is 0 Å². The molecule has 154 valence electrons. The normalized spacial score (nSPS) is 24.7. The molecule has 0 spiro atoms. The summed E-state index contributed by atoms with van der Waals surface area (Å²) in [5, 5.41) is 2.83. The van der Waals surface area contributed by atoms with E-state index >= 15 is 0 Å². The third-order valence-corrected chi connectivity index (χ3v) is 5.57. The number of hydrogen-bond donors (Lipinski definition) is 2. The van der Waals surface area contributed by atoms with Gasteiger partial charge in [0.1, 0.15) is 0 Å². The van der Waals surface area contributed by atoms with E-state index < -0.39 is 11.7 Å². The van der Waals surface area contributed by atoms with Gasteiger partial charge in [-0.1, -0.05) is 18.2 Å². The zero-order valence-electron chi connectivity index (χ0n) is 15.7. The van der Waals surface area contributed by atoms with Crippen LogP contribution in [0.15, 0.2) is 24.3 Å². The van der Waals surface area contributed by atoms with E-state index in [0.717, 1.165) is 31.4 Å². The Morgan fingerprint density at radius 3 is 2.75 bits per heavy atom. The van der Waals surface area contributed by atoms with Crippen LogP contribution in [0.1, 0.15) is 49.1 Å². The van der Waals surface area contributed by atoms with Crippen LogP contribution in [0.3, 0.4) is 0 Å². The van der Waals surface area contributed by atoms with Crippen molar-refractivity contribution in [3.05, 3.63) is 35.4 Å². The van der Waals surface area contributed by atoms with Crippen molar-refractivity contribution in [2.45, 2.75) is 50.2 Å². The fourth-order valence-electron chi connectivity index (χ4n) is 3.95. The second-order valence-corrected chi connectivity index (χ2v) is 7.60. The van der Waals surface area contributed by atoms with Gasteiger partial charge in [0.25, 0.3) is 0 Å². The van der Waals surface area contributed by atoms with E-state index in [1.807, 2.05) is 4.90 Å². The third kappa shape index (κ3) is 4.84. The molecule has 1 saturated carbocycles. The van der Waals surface area contributed by atoms with Crippen LogP contribution < -0.4 is 11.1 Å². The highest BCUT2D eigenvalue weighted by Crippen LogP contribution is 2.49. The Kier molecular flexibility index (Phi) is 6.27. The molecule has 1 aromatic rings. The van der Waals surface area contributed by atoms with Crippen LogP contribution in [0.5, 0.6) is 0 Å². The summed E-state index contributed by atoms with van der Waals surface area (Å²) >= 11 is 0. The Balaban J connectivity index is 1.62. The van der Waals surface area contributed by atoms with Gasteiger partial charge in [0, 0.05) is 38.0 Å². The largest absolute Gasteiger partial charge is 0.416 e. The number of nitrogens with one attached hydrogen (secondary N) is 1. The summed E-state index contributed by atoms with van der Waals surface area (Å²) < 4.78 is 38.8. The lowest BCUT2D eigenvalue weighted by Gasteiger charge is -2.36. The molecule has 3 rings (SSSR count). The average Bonchev–Trinajstić information content (AvgIpc) is 3.47. The first kappa shape index (κ1) is 20.6. The molecule has 28 heavy (non-hydrogen) atoms. The van der Waals surface area contributed by atoms with Crippen molar-refractivity contribution < 1.29 is 22.8 Å². The first-order valence-electron chi connectivity index (χ1n) is 9.75. The Morgan fingerprint density at radius 1 is 1.25 bits per heavy atom. The second kappa shape index (κ2) is 8.51. The summed E-state index contributed by atoms with van der Waals surface area (Å²) in [6.07, 6.45) is -0.855. The Labute approximate surface area is 162 Å². The summed E-state index contributed by atoms with van der Waals surface area (Å²) in [4.78, 5) is 26.5. The smallest absolute Gasteiger partial charge is 0.354 e. The van der Waals surface area contributed by atoms with Gasteiger partial charge in [-0.2, -0.15) is 13.2 Å². The van der Waals surface area contributed by atoms with Gasteiger partial charge >= 0.3 is 6.18 Å². The van der Waals surface area contributed by atoms with Gasteiger partial charge in [-0.05, 0) is 43.2 Å². The summed E-state index contributed by atoms with van der Waals surface area (Å²) in [6.45, 7) is 1.30. The van der Waals surface area contributed by atoms with Gasteiger partial charge in [0.05, 0.1) is 5.56 Å². The predicted octanol–water partition coefficient (Wildman–Crippen LogP) is 2.66. The average molecular weight is 397 g/mol. The number of benzene rings is 1. The number of carbonyl (C=O) groups is 2. The van der Waals surface area contributed by atoms with Crippen LogP contribution in [0.4, 0.5) is 13.2 Å². The van der Waals surface area contributed by atoms with E-state index in [4.69, 9.17) is 5.73 Å². The zero-order valence-corrected chi connectivity index (χ0v) is 15.7. The van der Waals surface area contributed by atoms with Gasteiger partial charge in [0.15, 0.2) is 0 Å². The zero-order chi connectivity index (χ0) is 20.3. The molecule has 1 saturated heterocycles. The predicted molar refractivity (Wildman–Crippen MR) is 98.3 cm³/mol. The number of halogens is 3. The Hall–Kier alpha value is -2.09. The van der Waals surface area contributed by atoms with E-state index in [9.17, 15) is 22.8 Å². The third-order valence-electron chi connectivity index (χ3n) is 5.57. The molecule has 3 unspecified atom stereocenters. The molecular formula is C20H26F3N3O2. The van der Waals surface area contributed by atoms with Crippen LogP contribution in [0, 0.1) is 5.92 Å². The first-order chi connectivity index (χ1) is 13.3. The molecular weight excluding hydrogens is 371 g/mol. The van der Waals surface area contributed by atoms with Crippen LogP contribution in [-0.4, -0.2) is 42.4 Å². The van der Waals surface area contributed by atoms with E-state index in [1.165, 1.54) is 6.07 Å². The molecule has 2 fully saturated rings. The van der Waals surface area contributed by atoms with Gasteiger partial charge in [-0.3, -0.25) is 9.59 Å². The summed E-state index contributed by atoms with van der Waals surface area (Å²) in [6, 6.07) is 5.19. The van der Waals surface area contributed by atoms with Gasteiger partial charge in [-0.25, -0.2) is 0 Å². The molecule has 2 amide bonds. The fraction of sp³-hybridized carbons (Fsp3) is 0.600. The maximum atomic E-state index is 13.0. The molecule has 1 heterocycles. The van der Waals surface area contributed by atoms with Crippen molar-refractivity contribution >= 4 is 11.8 Å². The van der Waals surface area contributed by atoms with Crippen LogP contribution in [0.2, 0.25) is 0 Å². The number of alkyl halides is 3. The molecule has 1 aliphatic carbocycles. The quantitative estimate of drug-likeness (QED) is 0.775. The number of carbonyl (C=O) groups excluding carboxylic acids is 2. The van der Waals surface area contributed by atoms with Gasteiger partial charge in [-0.15, -0.1) is 0 Å². The Morgan fingerprint density at radius 2 is 2.04 bits per heavy atom. The maximum absolute atomic E-state index is 13.0. The number of likely N-dealkylation sites (tertiary alicyclic amines) is 1. The van der Waals surface area contributed by atoms with Crippen LogP contribution in [-0.2, 0) is 15.8 Å². The SMILES string of the molecule is NCCC(=O)NCC1CCCCN1C(=O)C1CC1c1cccc(C(F)(F)F)c1. The maximum Gasteiger partial charge on any atom is 0.416 e. The molecule has 1 aromatic carbocycles.